The Morgan fingerprint density at radius 2 is 1.94 bits per heavy atom. The summed E-state index contributed by atoms with van der Waals surface area (Å²) in [6.45, 7) is 7.61. The van der Waals surface area contributed by atoms with Gasteiger partial charge in [0.2, 0.25) is 5.91 Å². The Morgan fingerprint density at radius 1 is 1.15 bits per heavy atom. The highest BCUT2D eigenvalue weighted by atomic mass is 32.1. The average Bonchev–Trinajstić information content (AvgIpc) is 3.70. The van der Waals surface area contributed by atoms with E-state index in [0.717, 1.165) is 33.0 Å². The molecule has 1 amide bonds. The number of amides is 1. The lowest BCUT2D eigenvalue weighted by molar-refractivity contribution is -0.129. The van der Waals surface area contributed by atoms with E-state index in [1.807, 2.05) is 53.4 Å². The van der Waals surface area contributed by atoms with Gasteiger partial charge in [0, 0.05) is 46.5 Å². The lowest BCUT2D eigenvalue weighted by atomic mass is 9.88. The van der Waals surface area contributed by atoms with Crippen molar-refractivity contribution in [3.63, 3.8) is 0 Å². The maximum Gasteiger partial charge on any atom is 0.246 e. The zero-order valence-electron chi connectivity index (χ0n) is 26.0. The largest absolute Gasteiger partial charge is 0.490 e. The highest BCUT2D eigenvalue weighted by Crippen LogP contribution is 2.47. The van der Waals surface area contributed by atoms with E-state index in [9.17, 15) is 9.18 Å². The molecule has 2 aromatic carbocycles. The van der Waals surface area contributed by atoms with Crippen LogP contribution in [0.5, 0.6) is 5.75 Å². The maximum absolute atomic E-state index is 16.0. The van der Waals surface area contributed by atoms with Gasteiger partial charge in [0.15, 0.2) is 0 Å². The monoisotopic (exact) mass is 657 g/mol. The van der Waals surface area contributed by atoms with Gasteiger partial charge >= 0.3 is 0 Å². The minimum atomic E-state index is -0.788. The molecule has 12 heteroatoms. The molecule has 9 nitrogen and oxygen atoms in total. The number of fused-ring (bicyclic) bond motifs is 2. The molecule has 3 aromatic heterocycles. The van der Waals surface area contributed by atoms with Gasteiger partial charge in [0.1, 0.15) is 35.4 Å². The summed E-state index contributed by atoms with van der Waals surface area (Å²) in [5.74, 6) is -1.69. The van der Waals surface area contributed by atoms with Crippen molar-refractivity contribution in [3.05, 3.63) is 89.5 Å². The Hall–Kier alpha value is -4.49. The summed E-state index contributed by atoms with van der Waals surface area (Å²) in [6.07, 6.45) is 1.30. The Bertz CT molecular complexity index is 2000. The maximum atomic E-state index is 16.0. The number of hydrogen-bond acceptors (Lipinski definition) is 8. The molecule has 1 atom stereocenters. The lowest BCUT2D eigenvalue weighted by Crippen LogP contribution is -2.54. The summed E-state index contributed by atoms with van der Waals surface area (Å²) in [6, 6.07) is 13.6. The Morgan fingerprint density at radius 3 is 2.64 bits per heavy atom. The van der Waals surface area contributed by atoms with Crippen LogP contribution in [0.2, 0.25) is 0 Å². The van der Waals surface area contributed by atoms with Crippen LogP contribution in [0.4, 0.5) is 8.78 Å². The number of thiophene rings is 1. The number of methoxy groups -OCH3 is 1. The SMILES string of the molecule is C=CC(=O)N1Cc2cc(-c3nc(-c4ccc(C5(N)COC5)cc4)c4ccsc4c3-c3c(F)cc(F)cc3OCCOC)nn2CC1C. The van der Waals surface area contributed by atoms with Gasteiger partial charge < -0.3 is 24.8 Å². The molecule has 1 unspecified atom stereocenters. The van der Waals surface area contributed by atoms with Crippen LogP contribution >= 0.6 is 11.3 Å². The van der Waals surface area contributed by atoms with Crippen molar-refractivity contribution in [2.24, 2.45) is 5.73 Å². The van der Waals surface area contributed by atoms with Crippen LogP contribution in [0.1, 0.15) is 18.2 Å². The van der Waals surface area contributed by atoms with Crippen LogP contribution in [-0.4, -0.2) is 65.2 Å². The van der Waals surface area contributed by atoms with Crippen LogP contribution < -0.4 is 10.5 Å². The molecule has 0 spiro atoms. The molecule has 0 bridgehead atoms. The van der Waals surface area contributed by atoms with Gasteiger partial charge in [-0.1, -0.05) is 30.8 Å². The van der Waals surface area contributed by atoms with E-state index >= 15 is 4.39 Å². The molecule has 0 saturated carbocycles. The fourth-order valence-electron chi connectivity index (χ4n) is 6.20. The molecule has 0 aliphatic carbocycles. The molecule has 1 saturated heterocycles. The lowest BCUT2D eigenvalue weighted by Gasteiger charge is -2.38. The minimum Gasteiger partial charge on any atom is -0.490 e. The van der Waals surface area contributed by atoms with Gasteiger partial charge in [-0.2, -0.15) is 5.10 Å². The van der Waals surface area contributed by atoms with Crippen LogP contribution in [0, 0.1) is 11.6 Å². The van der Waals surface area contributed by atoms with Crippen LogP contribution in [-0.2, 0) is 32.9 Å². The highest BCUT2D eigenvalue weighted by Gasteiger charge is 2.36. The van der Waals surface area contributed by atoms with Gasteiger partial charge in [-0.15, -0.1) is 11.3 Å². The van der Waals surface area contributed by atoms with E-state index in [2.05, 4.69) is 6.58 Å². The zero-order chi connectivity index (χ0) is 32.9. The van der Waals surface area contributed by atoms with Crippen molar-refractivity contribution in [3.8, 4) is 39.5 Å². The van der Waals surface area contributed by atoms with E-state index in [1.165, 1.54) is 30.6 Å². The Balaban J connectivity index is 1.45. The summed E-state index contributed by atoms with van der Waals surface area (Å²) in [5.41, 5.74) is 10.7. The molecule has 2 N–H and O–H groups in total. The second-order valence-corrected chi connectivity index (χ2v) is 12.8. The smallest absolute Gasteiger partial charge is 0.246 e. The summed E-state index contributed by atoms with van der Waals surface area (Å²) >= 11 is 1.42. The molecule has 0 radical (unpaired) electrons. The van der Waals surface area contributed by atoms with E-state index in [4.69, 9.17) is 30.0 Å². The number of nitrogens with zero attached hydrogens (tertiary/aromatic N) is 4. The average molecular weight is 658 g/mol. The van der Waals surface area contributed by atoms with Gasteiger partial charge in [-0.25, -0.2) is 13.8 Å². The van der Waals surface area contributed by atoms with Gasteiger partial charge in [0.05, 0.1) is 55.4 Å². The quantitative estimate of drug-likeness (QED) is 0.156. The first kappa shape index (κ1) is 31.1. The molecule has 242 valence electrons. The second kappa shape index (κ2) is 12.3. The first-order valence-electron chi connectivity index (χ1n) is 15.2. The predicted molar refractivity (Wildman–Crippen MR) is 176 cm³/mol. The van der Waals surface area contributed by atoms with E-state index in [1.54, 1.807) is 4.90 Å². The zero-order valence-corrected chi connectivity index (χ0v) is 26.8. The van der Waals surface area contributed by atoms with Crippen molar-refractivity contribution >= 4 is 27.3 Å². The van der Waals surface area contributed by atoms with Gasteiger partial charge in [0.25, 0.3) is 0 Å². The Labute approximate surface area is 274 Å². The van der Waals surface area contributed by atoms with Gasteiger partial charge in [-0.05, 0) is 36.1 Å². The number of benzene rings is 2. The number of pyridine rings is 1. The van der Waals surface area contributed by atoms with E-state index in [0.29, 0.717) is 48.9 Å². The summed E-state index contributed by atoms with van der Waals surface area (Å²) in [7, 11) is 1.53. The highest BCUT2D eigenvalue weighted by molar-refractivity contribution is 7.18. The second-order valence-electron chi connectivity index (χ2n) is 11.9. The van der Waals surface area contributed by atoms with Gasteiger partial charge in [-0.3, -0.25) is 9.48 Å². The first-order chi connectivity index (χ1) is 22.7. The number of aromatic nitrogens is 3. The number of hydrogen-bond donors (Lipinski definition) is 1. The molecular weight excluding hydrogens is 624 g/mol. The number of ether oxygens (including phenoxy) is 3. The van der Waals surface area contributed by atoms with Crippen molar-refractivity contribution < 1.29 is 27.8 Å². The third-order valence-corrected chi connectivity index (χ3v) is 9.67. The van der Waals surface area contributed by atoms with Crippen LogP contribution in [0.25, 0.3) is 43.9 Å². The molecule has 1 fully saturated rings. The number of rotatable bonds is 9. The van der Waals surface area contributed by atoms with Crippen molar-refractivity contribution in [1.82, 2.24) is 19.7 Å². The fourth-order valence-corrected chi connectivity index (χ4v) is 7.15. The molecular formula is C35H33F2N5O4S. The minimum absolute atomic E-state index is 0.0331. The molecule has 47 heavy (non-hydrogen) atoms. The van der Waals surface area contributed by atoms with Crippen LogP contribution in [0.15, 0.2) is 66.6 Å². The standard InChI is InChI=1S/C35H33F2N5O4S/c1-4-29(43)41-17-24-15-27(40-42(24)16-20(41)2)33-31(30-26(37)13-23(36)14-28(30)46-11-10-44-3)34-25(9-12-47-34)32(39-33)21-5-7-22(8-6-21)35(38)18-45-19-35/h4-9,12-15,20H,1,10-11,16-19,38H2,2-3H3. The van der Waals surface area contributed by atoms with E-state index < -0.39 is 17.2 Å². The molecule has 2 aliphatic heterocycles. The van der Waals surface area contributed by atoms with E-state index in [-0.39, 0.29) is 36.5 Å². The Kier molecular flexibility index (Phi) is 8.13. The number of carbonyl (C=O) groups is 1. The normalized spacial score (nSPS) is 17.0. The third kappa shape index (κ3) is 5.50. The summed E-state index contributed by atoms with van der Waals surface area (Å²) in [5, 5.41) is 7.64. The summed E-state index contributed by atoms with van der Waals surface area (Å²) < 4.78 is 49.6. The topological polar surface area (TPSA) is 105 Å². The fraction of sp³-hybridized carbons (Fsp3) is 0.286. The van der Waals surface area contributed by atoms with Crippen molar-refractivity contribution in [2.75, 3.05) is 33.5 Å². The van der Waals surface area contributed by atoms with Crippen molar-refractivity contribution in [1.29, 1.82) is 0 Å². The summed E-state index contributed by atoms with van der Waals surface area (Å²) in [4.78, 5) is 19.5. The number of halogens is 2. The number of nitrogens with two attached hydrogens (primary N) is 1. The number of carbonyl (C=O) groups excluding carboxylic acids is 1. The molecule has 2 aliphatic rings. The molecule has 7 rings (SSSR count). The molecule has 5 aromatic rings. The van der Waals surface area contributed by atoms with Crippen molar-refractivity contribution in [2.45, 2.75) is 31.6 Å². The molecule has 5 heterocycles. The van der Waals surface area contributed by atoms with Crippen LogP contribution in [0.3, 0.4) is 0 Å². The third-order valence-electron chi connectivity index (χ3n) is 8.74. The first-order valence-corrected chi connectivity index (χ1v) is 16.1. The predicted octanol–water partition coefficient (Wildman–Crippen LogP) is 5.90.